The average molecular weight is 472 g/mol. The maximum Gasteiger partial charge on any atom is 0.416 e. The molecular formula is C25H28F3N5O. The van der Waals surface area contributed by atoms with Gasteiger partial charge < -0.3 is 15.0 Å². The Kier molecular flexibility index (Phi) is 5.62. The topological polar surface area (TPSA) is 63.2 Å². The second-order valence-electron chi connectivity index (χ2n) is 9.41. The van der Waals surface area contributed by atoms with Crippen LogP contribution in [0.5, 0.6) is 0 Å². The SMILES string of the molecule is Cc1c([C@@H](C)Nc2nnc(C)c3ncc(N4CCC5(CCCO5)C4)cc23)cccc1C(F)(F)F. The van der Waals surface area contributed by atoms with Crippen molar-refractivity contribution in [2.75, 3.05) is 29.9 Å². The summed E-state index contributed by atoms with van der Waals surface area (Å²) in [4.78, 5) is 6.96. The zero-order valence-electron chi connectivity index (χ0n) is 19.5. The number of benzene rings is 1. The van der Waals surface area contributed by atoms with Gasteiger partial charge in [0.05, 0.1) is 40.3 Å². The van der Waals surface area contributed by atoms with E-state index >= 15 is 0 Å². The summed E-state index contributed by atoms with van der Waals surface area (Å²) in [5.74, 6) is 0.505. The van der Waals surface area contributed by atoms with Gasteiger partial charge in [-0.2, -0.15) is 18.3 Å². The van der Waals surface area contributed by atoms with Crippen molar-refractivity contribution < 1.29 is 17.9 Å². The molecule has 2 aromatic heterocycles. The lowest BCUT2D eigenvalue weighted by Crippen LogP contribution is -2.32. The summed E-state index contributed by atoms with van der Waals surface area (Å²) >= 11 is 0. The lowest BCUT2D eigenvalue weighted by molar-refractivity contribution is -0.138. The van der Waals surface area contributed by atoms with Gasteiger partial charge in [-0.15, -0.1) is 5.10 Å². The van der Waals surface area contributed by atoms with Crippen LogP contribution >= 0.6 is 0 Å². The second kappa shape index (κ2) is 8.37. The summed E-state index contributed by atoms with van der Waals surface area (Å²) in [7, 11) is 0. The third-order valence-corrected chi connectivity index (χ3v) is 7.14. The number of rotatable bonds is 4. The molecule has 2 aliphatic heterocycles. The van der Waals surface area contributed by atoms with Crippen molar-refractivity contribution in [3.63, 3.8) is 0 Å². The molecule has 2 atom stereocenters. The summed E-state index contributed by atoms with van der Waals surface area (Å²) in [6.07, 6.45) is 0.630. The van der Waals surface area contributed by atoms with E-state index in [9.17, 15) is 13.2 Å². The molecule has 0 aliphatic carbocycles. The third-order valence-electron chi connectivity index (χ3n) is 7.14. The van der Waals surface area contributed by atoms with Crippen LogP contribution in [-0.2, 0) is 10.9 Å². The number of nitrogens with zero attached hydrogens (tertiary/aromatic N) is 4. The lowest BCUT2D eigenvalue weighted by atomic mass is 9.97. The first-order valence-electron chi connectivity index (χ1n) is 11.6. The molecular weight excluding hydrogens is 443 g/mol. The maximum atomic E-state index is 13.4. The Labute approximate surface area is 196 Å². The standard InChI is InChI=1S/C25H28F3N5O/c1-15-19(6-4-7-21(15)25(26,27)28)16(2)30-23-20-12-18(13-29-22(20)17(3)31-32-23)33-10-9-24(14-33)8-5-11-34-24/h4,6-7,12-13,16H,5,8-11,14H2,1-3H3,(H,30,32)/t16-,24?/m1/s1. The highest BCUT2D eigenvalue weighted by Gasteiger charge is 2.42. The Balaban J connectivity index is 1.47. The van der Waals surface area contributed by atoms with Gasteiger partial charge in [0.15, 0.2) is 5.82 Å². The number of ether oxygens (including phenoxy) is 1. The third kappa shape index (κ3) is 4.06. The lowest BCUT2D eigenvalue weighted by Gasteiger charge is -2.24. The predicted molar refractivity (Wildman–Crippen MR) is 125 cm³/mol. The van der Waals surface area contributed by atoms with Crippen molar-refractivity contribution in [2.24, 2.45) is 0 Å². The molecule has 1 N–H and O–H groups in total. The number of hydrogen-bond donors (Lipinski definition) is 1. The highest BCUT2D eigenvalue weighted by molar-refractivity contribution is 5.92. The van der Waals surface area contributed by atoms with Crippen LogP contribution in [0.3, 0.4) is 0 Å². The van der Waals surface area contributed by atoms with Crippen molar-refractivity contribution in [3.05, 3.63) is 52.8 Å². The van der Waals surface area contributed by atoms with E-state index in [2.05, 4.69) is 25.4 Å². The molecule has 0 saturated carbocycles. The summed E-state index contributed by atoms with van der Waals surface area (Å²) in [5.41, 5.74) is 2.49. The van der Waals surface area contributed by atoms with E-state index in [1.807, 2.05) is 26.1 Å². The van der Waals surface area contributed by atoms with E-state index in [1.54, 1.807) is 6.07 Å². The van der Waals surface area contributed by atoms with Crippen LogP contribution in [0.25, 0.3) is 10.9 Å². The van der Waals surface area contributed by atoms with Gasteiger partial charge in [0, 0.05) is 25.1 Å². The highest BCUT2D eigenvalue weighted by atomic mass is 19.4. The van der Waals surface area contributed by atoms with Gasteiger partial charge in [-0.3, -0.25) is 4.98 Å². The fourth-order valence-electron chi connectivity index (χ4n) is 5.28. The number of halogens is 3. The average Bonchev–Trinajstić information content (AvgIpc) is 3.44. The van der Waals surface area contributed by atoms with Crippen LogP contribution in [0, 0.1) is 13.8 Å². The summed E-state index contributed by atoms with van der Waals surface area (Å²) in [6.45, 7) is 7.73. The van der Waals surface area contributed by atoms with Gasteiger partial charge in [-0.05, 0) is 63.3 Å². The molecule has 1 spiro atoms. The molecule has 2 saturated heterocycles. The molecule has 1 aromatic carbocycles. The molecule has 34 heavy (non-hydrogen) atoms. The van der Waals surface area contributed by atoms with Crippen LogP contribution < -0.4 is 10.2 Å². The summed E-state index contributed by atoms with van der Waals surface area (Å²) in [6, 6.07) is 5.90. The largest absolute Gasteiger partial charge is 0.416 e. The van der Waals surface area contributed by atoms with Gasteiger partial charge in [0.1, 0.15) is 0 Å². The zero-order chi connectivity index (χ0) is 24.1. The quantitative estimate of drug-likeness (QED) is 0.535. The van der Waals surface area contributed by atoms with Crippen molar-refractivity contribution in [1.82, 2.24) is 15.2 Å². The van der Waals surface area contributed by atoms with E-state index < -0.39 is 17.8 Å². The van der Waals surface area contributed by atoms with Gasteiger partial charge in [0.2, 0.25) is 0 Å². The van der Waals surface area contributed by atoms with E-state index in [0.29, 0.717) is 17.1 Å². The minimum absolute atomic E-state index is 0.0576. The normalized spacial score (nSPS) is 21.5. The fourth-order valence-corrected chi connectivity index (χ4v) is 5.28. The van der Waals surface area contributed by atoms with Crippen molar-refractivity contribution in [2.45, 2.75) is 57.9 Å². The van der Waals surface area contributed by atoms with Crippen LogP contribution in [0.15, 0.2) is 30.5 Å². The monoisotopic (exact) mass is 471 g/mol. The molecule has 9 heteroatoms. The molecule has 0 radical (unpaired) electrons. The van der Waals surface area contributed by atoms with Crippen molar-refractivity contribution in [1.29, 1.82) is 0 Å². The van der Waals surface area contributed by atoms with Gasteiger partial charge in [-0.25, -0.2) is 0 Å². The highest BCUT2D eigenvalue weighted by Crippen LogP contribution is 2.39. The fraction of sp³-hybridized carbons (Fsp3) is 0.480. The number of nitrogens with one attached hydrogen (secondary N) is 1. The minimum atomic E-state index is -4.40. The Bertz CT molecular complexity index is 1220. The molecule has 5 rings (SSSR count). The minimum Gasteiger partial charge on any atom is -0.373 e. The number of alkyl halides is 3. The number of anilines is 2. The van der Waals surface area contributed by atoms with Crippen LogP contribution in [0.2, 0.25) is 0 Å². The number of fused-ring (bicyclic) bond motifs is 1. The van der Waals surface area contributed by atoms with Crippen LogP contribution in [-0.4, -0.2) is 40.5 Å². The van der Waals surface area contributed by atoms with Crippen molar-refractivity contribution in [3.8, 4) is 0 Å². The smallest absolute Gasteiger partial charge is 0.373 e. The first-order valence-corrected chi connectivity index (χ1v) is 11.6. The van der Waals surface area contributed by atoms with Gasteiger partial charge in [-0.1, -0.05) is 12.1 Å². The number of aryl methyl sites for hydroxylation is 1. The summed E-state index contributed by atoms with van der Waals surface area (Å²) in [5, 5.41) is 12.7. The molecule has 0 bridgehead atoms. The number of pyridine rings is 1. The number of hydrogen-bond acceptors (Lipinski definition) is 6. The Morgan fingerprint density at radius 2 is 2.00 bits per heavy atom. The molecule has 0 amide bonds. The van der Waals surface area contributed by atoms with E-state index in [4.69, 9.17) is 4.74 Å². The molecule has 3 aromatic rings. The van der Waals surface area contributed by atoms with E-state index in [0.717, 1.165) is 61.6 Å². The first-order chi connectivity index (χ1) is 16.2. The molecule has 2 aliphatic rings. The molecule has 4 heterocycles. The number of aromatic nitrogens is 3. The second-order valence-corrected chi connectivity index (χ2v) is 9.41. The maximum absolute atomic E-state index is 13.4. The summed E-state index contributed by atoms with van der Waals surface area (Å²) < 4.78 is 46.3. The van der Waals surface area contributed by atoms with E-state index in [1.165, 1.54) is 13.0 Å². The Morgan fingerprint density at radius 1 is 1.18 bits per heavy atom. The zero-order valence-corrected chi connectivity index (χ0v) is 19.5. The van der Waals surface area contributed by atoms with Gasteiger partial charge in [0.25, 0.3) is 0 Å². The molecule has 2 fully saturated rings. The van der Waals surface area contributed by atoms with Crippen LogP contribution in [0.1, 0.15) is 54.6 Å². The molecule has 6 nitrogen and oxygen atoms in total. The van der Waals surface area contributed by atoms with Crippen LogP contribution in [0.4, 0.5) is 24.7 Å². The molecule has 180 valence electrons. The first kappa shape index (κ1) is 22.8. The Morgan fingerprint density at radius 3 is 2.74 bits per heavy atom. The predicted octanol–water partition coefficient (Wildman–Crippen LogP) is 5.59. The van der Waals surface area contributed by atoms with Gasteiger partial charge >= 0.3 is 6.18 Å². The Hall–Kier alpha value is -2.94. The van der Waals surface area contributed by atoms with Crippen molar-refractivity contribution >= 4 is 22.4 Å². The molecule has 1 unspecified atom stereocenters. The van der Waals surface area contributed by atoms with E-state index in [-0.39, 0.29) is 11.2 Å².